The van der Waals surface area contributed by atoms with E-state index in [1.54, 1.807) is 12.1 Å². The molecule has 4 rings (SSSR count). The zero-order chi connectivity index (χ0) is 17.4. The molecule has 0 spiro atoms. The molecule has 2 bridgehead atoms. The molecule has 2 aliphatic heterocycles. The number of carbonyl (C=O) groups is 1. The number of nitrogens with zero attached hydrogens (tertiary/aromatic N) is 1. The number of nitrogens with one attached hydrogen (secondary N) is 1. The van der Waals surface area contributed by atoms with Crippen molar-refractivity contribution < 1.29 is 14.3 Å². The number of benzene rings is 1. The van der Waals surface area contributed by atoms with E-state index < -0.39 is 5.60 Å². The number of halogens is 1. The Balaban J connectivity index is 1.46. The first kappa shape index (κ1) is 16.8. The molecular weight excluding hydrogens is 319 g/mol. The van der Waals surface area contributed by atoms with Gasteiger partial charge in [0.1, 0.15) is 5.82 Å². The second-order valence-electron chi connectivity index (χ2n) is 8.02. The van der Waals surface area contributed by atoms with Gasteiger partial charge in [-0.05, 0) is 43.4 Å². The fraction of sp³-hybridized carbons (Fsp3) is 0.650. The van der Waals surface area contributed by atoms with Crippen molar-refractivity contribution in [3.8, 4) is 0 Å². The Labute approximate surface area is 148 Å². The average molecular weight is 346 g/mol. The van der Waals surface area contributed by atoms with E-state index in [2.05, 4.69) is 5.32 Å². The first-order valence-electron chi connectivity index (χ1n) is 9.62. The van der Waals surface area contributed by atoms with Crippen molar-refractivity contribution in [1.29, 1.82) is 0 Å². The normalized spacial score (nSPS) is 32.6. The smallest absolute Gasteiger partial charge is 0.318 e. The first-order chi connectivity index (χ1) is 12.0. The lowest BCUT2D eigenvalue weighted by atomic mass is 9.80. The topological polar surface area (TPSA) is 52.6 Å². The van der Waals surface area contributed by atoms with Crippen LogP contribution in [0.4, 0.5) is 9.18 Å². The number of amides is 2. The molecule has 1 saturated carbocycles. The molecule has 5 heteroatoms. The van der Waals surface area contributed by atoms with Gasteiger partial charge in [0.05, 0.1) is 5.60 Å². The maximum atomic E-state index is 13.2. The molecule has 3 fully saturated rings. The van der Waals surface area contributed by atoms with Crippen LogP contribution in [0.3, 0.4) is 0 Å². The molecule has 1 aromatic carbocycles. The lowest BCUT2D eigenvalue weighted by Crippen LogP contribution is -2.56. The van der Waals surface area contributed by atoms with Crippen molar-refractivity contribution in [2.24, 2.45) is 0 Å². The second kappa shape index (κ2) is 6.60. The molecule has 1 aliphatic carbocycles. The van der Waals surface area contributed by atoms with E-state index in [1.807, 2.05) is 4.90 Å². The van der Waals surface area contributed by atoms with Gasteiger partial charge >= 0.3 is 6.03 Å². The molecule has 2 amide bonds. The van der Waals surface area contributed by atoms with Crippen molar-refractivity contribution in [3.63, 3.8) is 0 Å². The lowest BCUT2D eigenvalue weighted by Gasteiger charge is -2.44. The van der Waals surface area contributed by atoms with E-state index in [9.17, 15) is 14.3 Å². The molecular formula is C20H27FN2O2. The third-order valence-corrected chi connectivity index (χ3v) is 6.32. The number of piperidine rings is 1. The Kier molecular flexibility index (Phi) is 4.44. The van der Waals surface area contributed by atoms with E-state index in [4.69, 9.17) is 0 Å². The minimum absolute atomic E-state index is 0.0422. The quantitative estimate of drug-likeness (QED) is 0.858. The van der Waals surface area contributed by atoms with Crippen LogP contribution in [0, 0.1) is 5.82 Å². The van der Waals surface area contributed by atoms with Crippen LogP contribution in [0.1, 0.15) is 63.4 Å². The second-order valence-corrected chi connectivity index (χ2v) is 8.02. The Morgan fingerprint density at radius 1 is 1.04 bits per heavy atom. The molecule has 2 heterocycles. The highest BCUT2D eigenvalue weighted by Crippen LogP contribution is 2.45. The summed E-state index contributed by atoms with van der Waals surface area (Å²) in [6, 6.07) is 6.63. The Morgan fingerprint density at radius 3 is 2.24 bits per heavy atom. The molecule has 2 N–H and O–H groups in total. The molecule has 25 heavy (non-hydrogen) atoms. The van der Waals surface area contributed by atoms with Gasteiger partial charge in [0.15, 0.2) is 0 Å². The zero-order valence-corrected chi connectivity index (χ0v) is 14.6. The molecule has 0 radical (unpaired) electrons. The highest BCUT2D eigenvalue weighted by Gasteiger charge is 2.50. The van der Waals surface area contributed by atoms with Gasteiger partial charge in [0.25, 0.3) is 0 Å². The minimum atomic E-state index is -0.957. The van der Waals surface area contributed by atoms with Gasteiger partial charge in [0.2, 0.25) is 0 Å². The van der Waals surface area contributed by atoms with Crippen LogP contribution in [0.15, 0.2) is 24.3 Å². The van der Waals surface area contributed by atoms with Crippen molar-refractivity contribution in [2.45, 2.75) is 81.5 Å². The number of aliphatic hydroxyl groups is 1. The van der Waals surface area contributed by atoms with Crippen LogP contribution >= 0.6 is 0 Å². The van der Waals surface area contributed by atoms with E-state index >= 15 is 0 Å². The van der Waals surface area contributed by atoms with E-state index in [0.717, 1.165) is 31.2 Å². The van der Waals surface area contributed by atoms with Crippen LogP contribution in [-0.2, 0) is 5.60 Å². The number of hydrogen-bond acceptors (Lipinski definition) is 2. The SMILES string of the molecule is O=C(NC1CCCCC1)N1C2CCC1CC(O)(c1ccc(F)cc1)C2. The van der Waals surface area contributed by atoms with Crippen molar-refractivity contribution >= 4 is 6.03 Å². The van der Waals surface area contributed by atoms with Gasteiger partial charge in [-0.25, -0.2) is 9.18 Å². The fourth-order valence-corrected chi connectivity index (χ4v) is 5.05. The summed E-state index contributed by atoms with van der Waals surface area (Å²) in [7, 11) is 0. The molecule has 2 unspecified atom stereocenters. The van der Waals surface area contributed by atoms with Crippen LogP contribution in [0.25, 0.3) is 0 Å². The van der Waals surface area contributed by atoms with Crippen LogP contribution < -0.4 is 5.32 Å². The average Bonchev–Trinajstić information content (AvgIpc) is 2.89. The summed E-state index contributed by atoms with van der Waals surface area (Å²) in [4.78, 5) is 14.8. The highest BCUT2D eigenvalue weighted by atomic mass is 19.1. The van der Waals surface area contributed by atoms with Gasteiger partial charge in [-0.15, -0.1) is 0 Å². The van der Waals surface area contributed by atoms with Crippen LogP contribution in [-0.4, -0.2) is 34.2 Å². The predicted octanol–water partition coefficient (Wildman–Crippen LogP) is 3.68. The Morgan fingerprint density at radius 2 is 1.64 bits per heavy atom. The fourth-order valence-electron chi connectivity index (χ4n) is 5.05. The Hall–Kier alpha value is -1.62. The van der Waals surface area contributed by atoms with E-state index in [0.29, 0.717) is 18.9 Å². The molecule has 4 nitrogen and oxygen atoms in total. The Bertz CT molecular complexity index is 613. The molecule has 0 aromatic heterocycles. The van der Waals surface area contributed by atoms with Gasteiger partial charge in [-0.3, -0.25) is 0 Å². The van der Waals surface area contributed by atoms with Crippen molar-refractivity contribution in [2.75, 3.05) is 0 Å². The highest BCUT2D eigenvalue weighted by molar-refractivity contribution is 5.76. The summed E-state index contributed by atoms with van der Waals surface area (Å²) in [6.07, 6.45) is 8.76. The number of fused-ring (bicyclic) bond motifs is 2. The standard InChI is InChI=1S/C20H27FN2O2/c21-15-8-6-14(7-9-15)20(25)12-17-10-11-18(13-20)23(17)19(24)22-16-4-2-1-3-5-16/h6-9,16-18,25H,1-5,10-13H2,(H,22,24). The van der Waals surface area contributed by atoms with Crippen molar-refractivity contribution in [3.05, 3.63) is 35.6 Å². The van der Waals surface area contributed by atoms with Gasteiger partial charge in [0, 0.05) is 31.0 Å². The van der Waals surface area contributed by atoms with Gasteiger partial charge < -0.3 is 15.3 Å². The van der Waals surface area contributed by atoms with E-state index in [-0.39, 0.29) is 23.9 Å². The minimum Gasteiger partial charge on any atom is -0.385 e. The summed E-state index contributed by atoms with van der Waals surface area (Å²) in [6.45, 7) is 0. The predicted molar refractivity (Wildman–Crippen MR) is 93.6 cm³/mol. The van der Waals surface area contributed by atoms with Gasteiger partial charge in [-0.1, -0.05) is 31.4 Å². The number of hydrogen-bond donors (Lipinski definition) is 2. The number of carbonyl (C=O) groups excluding carboxylic acids is 1. The molecule has 2 saturated heterocycles. The maximum Gasteiger partial charge on any atom is 0.318 e. The summed E-state index contributed by atoms with van der Waals surface area (Å²) < 4.78 is 13.2. The summed E-state index contributed by atoms with van der Waals surface area (Å²) in [5.41, 5.74) is -0.195. The zero-order valence-electron chi connectivity index (χ0n) is 14.6. The molecule has 1 aromatic rings. The summed E-state index contributed by atoms with van der Waals surface area (Å²) >= 11 is 0. The summed E-state index contributed by atoms with van der Waals surface area (Å²) in [5.74, 6) is -0.292. The monoisotopic (exact) mass is 346 g/mol. The largest absolute Gasteiger partial charge is 0.385 e. The van der Waals surface area contributed by atoms with Gasteiger partial charge in [-0.2, -0.15) is 0 Å². The van der Waals surface area contributed by atoms with Crippen LogP contribution in [0.2, 0.25) is 0 Å². The third-order valence-electron chi connectivity index (χ3n) is 6.32. The molecule has 3 aliphatic rings. The molecule has 136 valence electrons. The first-order valence-corrected chi connectivity index (χ1v) is 9.62. The third kappa shape index (κ3) is 3.26. The lowest BCUT2D eigenvalue weighted by molar-refractivity contribution is -0.0440. The van der Waals surface area contributed by atoms with Crippen LogP contribution in [0.5, 0.6) is 0 Å². The summed E-state index contributed by atoms with van der Waals surface area (Å²) in [5, 5.41) is 14.4. The number of urea groups is 1. The maximum absolute atomic E-state index is 13.2. The number of rotatable bonds is 2. The van der Waals surface area contributed by atoms with Crippen molar-refractivity contribution in [1.82, 2.24) is 10.2 Å². The molecule has 2 atom stereocenters. The van der Waals surface area contributed by atoms with E-state index in [1.165, 1.54) is 31.4 Å².